The SMILES string of the molecule is C=CNC(=C)CCN(C)c1nn(C)c2c(F)c(C3CCN(CC4CCN(C(=C)C5CCCCC5)CC4)CC3)c(F)cc12. The van der Waals surface area contributed by atoms with Crippen LogP contribution >= 0.6 is 0 Å². The van der Waals surface area contributed by atoms with Crippen molar-refractivity contribution < 1.29 is 8.78 Å². The van der Waals surface area contributed by atoms with Crippen molar-refractivity contribution in [1.29, 1.82) is 0 Å². The van der Waals surface area contributed by atoms with E-state index in [9.17, 15) is 0 Å². The van der Waals surface area contributed by atoms with Gasteiger partial charge in [-0.05, 0) is 81.6 Å². The van der Waals surface area contributed by atoms with Crippen molar-refractivity contribution in [2.24, 2.45) is 18.9 Å². The van der Waals surface area contributed by atoms with Crippen molar-refractivity contribution in [2.45, 2.75) is 70.1 Å². The van der Waals surface area contributed by atoms with Gasteiger partial charge in [0.1, 0.15) is 11.3 Å². The molecule has 5 rings (SSSR count). The lowest BCUT2D eigenvalue weighted by Gasteiger charge is -2.41. The van der Waals surface area contributed by atoms with Gasteiger partial charge in [-0.3, -0.25) is 4.68 Å². The summed E-state index contributed by atoms with van der Waals surface area (Å²) in [7, 11) is 3.63. The quantitative estimate of drug-likeness (QED) is 0.313. The Morgan fingerprint density at radius 2 is 1.74 bits per heavy atom. The minimum Gasteiger partial charge on any atom is -0.375 e. The first-order chi connectivity index (χ1) is 20.3. The Labute approximate surface area is 251 Å². The fourth-order valence-corrected chi connectivity index (χ4v) is 7.50. The number of aryl methyl sites for hydroxylation is 1. The molecule has 2 saturated heterocycles. The molecule has 8 heteroatoms. The lowest BCUT2D eigenvalue weighted by molar-refractivity contribution is 0.133. The molecule has 0 atom stereocenters. The second-order valence-corrected chi connectivity index (χ2v) is 12.9. The molecule has 0 spiro atoms. The number of halogens is 2. The number of fused-ring (bicyclic) bond motifs is 1. The molecule has 42 heavy (non-hydrogen) atoms. The van der Waals surface area contributed by atoms with Gasteiger partial charge in [-0.1, -0.05) is 39.0 Å². The molecule has 0 radical (unpaired) electrons. The Balaban J connectivity index is 1.16. The highest BCUT2D eigenvalue weighted by Gasteiger charge is 2.31. The average Bonchev–Trinajstić information content (AvgIpc) is 3.33. The van der Waals surface area contributed by atoms with Gasteiger partial charge in [0.2, 0.25) is 0 Å². The molecule has 0 unspecified atom stereocenters. The molecule has 3 fully saturated rings. The molecule has 0 amide bonds. The van der Waals surface area contributed by atoms with Crippen LogP contribution in [0.4, 0.5) is 14.6 Å². The molecule has 1 aliphatic carbocycles. The molecular weight excluding hydrogens is 530 g/mol. The number of aromatic nitrogens is 2. The zero-order valence-corrected chi connectivity index (χ0v) is 25.8. The number of benzene rings is 1. The third-order valence-corrected chi connectivity index (χ3v) is 10.1. The van der Waals surface area contributed by atoms with Gasteiger partial charge >= 0.3 is 0 Å². The van der Waals surface area contributed by atoms with E-state index < -0.39 is 11.6 Å². The van der Waals surface area contributed by atoms with E-state index in [1.54, 1.807) is 17.9 Å². The van der Waals surface area contributed by atoms with Gasteiger partial charge in [0.05, 0.1) is 5.39 Å². The van der Waals surface area contributed by atoms with Crippen LogP contribution in [-0.4, -0.2) is 65.9 Å². The van der Waals surface area contributed by atoms with Crippen molar-refractivity contribution >= 4 is 16.7 Å². The van der Waals surface area contributed by atoms with E-state index in [1.807, 2.05) is 11.9 Å². The fraction of sp³-hybridized carbons (Fsp3) is 0.618. The van der Waals surface area contributed by atoms with E-state index in [0.29, 0.717) is 41.5 Å². The second-order valence-electron chi connectivity index (χ2n) is 12.9. The Morgan fingerprint density at radius 1 is 1.05 bits per heavy atom. The highest BCUT2D eigenvalue weighted by Crippen LogP contribution is 2.38. The molecule has 3 heterocycles. The summed E-state index contributed by atoms with van der Waals surface area (Å²) in [5.41, 5.74) is 2.82. The maximum Gasteiger partial charge on any atom is 0.158 e. The maximum atomic E-state index is 16.0. The first-order valence-corrected chi connectivity index (χ1v) is 16.0. The van der Waals surface area contributed by atoms with E-state index >= 15 is 8.78 Å². The number of nitrogens with zero attached hydrogens (tertiary/aromatic N) is 5. The zero-order valence-electron chi connectivity index (χ0n) is 25.8. The lowest BCUT2D eigenvalue weighted by Crippen LogP contribution is -2.41. The number of hydrogen-bond donors (Lipinski definition) is 1. The van der Waals surface area contributed by atoms with Crippen molar-refractivity contribution in [3.8, 4) is 0 Å². The monoisotopic (exact) mass is 580 g/mol. The van der Waals surface area contributed by atoms with E-state index in [0.717, 1.165) is 51.3 Å². The Hall–Kier alpha value is -2.87. The van der Waals surface area contributed by atoms with Crippen LogP contribution in [0.2, 0.25) is 0 Å². The topological polar surface area (TPSA) is 39.6 Å². The summed E-state index contributed by atoms with van der Waals surface area (Å²) in [6, 6.07) is 1.49. The van der Waals surface area contributed by atoms with E-state index in [2.05, 4.69) is 40.0 Å². The molecule has 2 aliphatic heterocycles. The Morgan fingerprint density at radius 3 is 2.40 bits per heavy atom. The molecule has 1 N–H and O–H groups in total. The summed E-state index contributed by atoms with van der Waals surface area (Å²) in [6.45, 7) is 17.8. The van der Waals surface area contributed by atoms with Crippen molar-refractivity contribution in [2.75, 3.05) is 51.2 Å². The number of anilines is 1. The van der Waals surface area contributed by atoms with Crippen LogP contribution in [0.5, 0.6) is 0 Å². The van der Waals surface area contributed by atoms with E-state index in [1.165, 1.54) is 56.7 Å². The molecule has 2 aromatic rings. The number of piperidine rings is 2. The van der Waals surface area contributed by atoms with Crippen LogP contribution in [0.3, 0.4) is 0 Å². The molecule has 0 bridgehead atoms. The number of likely N-dealkylation sites (tertiary alicyclic amines) is 2. The van der Waals surface area contributed by atoms with Gasteiger partial charge in [0, 0.05) is 63.7 Å². The van der Waals surface area contributed by atoms with Crippen molar-refractivity contribution in [3.63, 3.8) is 0 Å². The van der Waals surface area contributed by atoms with Crippen molar-refractivity contribution in [3.05, 3.63) is 60.6 Å². The molecule has 3 aliphatic rings. The van der Waals surface area contributed by atoms with Crippen LogP contribution < -0.4 is 10.2 Å². The summed E-state index contributed by atoms with van der Waals surface area (Å²) in [5.74, 6) is 0.933. The predicted octanol–water partition coefficient (Wildman–Crippen LogP) is 6.91. The van der Waals surface area contributed by atoms with Crippen LogP contribution in [0.25, 0.3) is 10.9 Å². The summed E-state index contributed by atoms with van der Waals surface area (Å²) in [4.78, 5) is 7.00. The number of hydrogen-bond acceptors (Lipinski definition) is 5. The zero-order chi connectivity index (χ0) is 29.8. The predicted molar refractivity (Wildman–Crippen MR) is 169 cm³/mol. The number of nitrogens with one attached hydrogen (secondary N) is 1. The van der Waals surface area contributed by atoms with Crippen LogP contribution in [0.1, 0.15) is 75.7 Å². The summed E-state index contributed by atoms with van der Waals surface area (Å²) < 4.78 is 33.1. The van der Waals surface area contributed by atoms with E-state index in [-0.39, 0.29) is 11.5 Å². The van der Waals surface area contributed by atoms with Crippen LogP contribution in [-0.2, 0) is 7.05 Å². The van der Waals surface area contributed by atoms with Gasteiger partial charge in [-0.2, -0.15) is 5.10 Å². The first kappa shape index (κ1) is 30.6. The summed E-state index contributed by atoms with van der Waals surface area (Å²) in [6.07, 6.45) is 12.9. The second kappa shape index (κ2) is 13.6. The van der Waals surface area contributed by atoms with Crippen LogP contribution in [0.15, 0.2) is 43.4 Å². The van der Waals surface area contributed by atoms with E-state index in [4.69, 9.17) is 0 Å². The first-order valence-electron chi connectivity index (χ1n) is 16.0. The van der Waals surface area contributed by atoms with Crippen LogP contribution in [0, 0.1) is 23.5 Å². The third kappa shape index (κ3) is 6.69. The summed E-state index contributed by atoms with van der Waals surface area (Å²) in [5, 5.41) is 8.07. The Bertz CT molecular complexity index is 1260. The molecule has 6 nitrogen and oxygen atoms in total. The standard InChI is InChI=1S/C34H50F2N6/c1-6-37-24(2)12-17-39(4)34-29-22-30(35)31(32(36)33(29)40(5)38-34)28-15-18-41(19-16-28)23-26-13-20-42(21-14-26)25(3)27-10-8-7-9-11-27/h6,22,26-28,37H,1-3,7-21,23H2,4-5H3. The van der Waals surface area contributed by atoms with Gasteiger partial charge in [0.25, 0.3) is 0 Å². The summed E-state index contributed by atoms with van der Waals surface area (Å²) >= 11 is 0. The highest BCUT2D eigenvalue weighted by molar-refractivity contribution is 5.91. The van der Waals surface area contributed by atoms with Gasteiger partial charge < -0.3 is 20.0 Å². The minimum atomic E-state index is -0.457. The molecule has 1 aromatic carbocycles. The molecule has 230 valence electrons. The van der Waals surface area contributed by atoms with Gasteiger partial charge in [-0.25, -0.2) is 8.78 Å². The average molecular weight is 581 g/mol. The largest absolute Gasteiger partial charge is 0.375 e. The number of rotatable bonds is 11. The lowest BCUT2D eigenvalue weighted by atomic mass is 9.85. The normalized spacial score (nSPS) is 19.8. The highest BCUT2D eigenvalue weighted by atomic mass is 19.1. The number of allylic oxidation sites excluding steroid dienone is 1. The molecular formula is C34H50F2N6. The fourth-order valence-electron chi connectivity index (χ4n) is 7.50. The van der Waals surface area contributed by atoms with Gasteiger partial charge in [0.15, 0.2) is 11.6 Å². The van der Waals surface area contributed by atoms with Gasteiger partial charge in [-0.15, -0.1) is 0 Å². The Kier molecular flexibility index (Phi) is 9.92. The molecule has 1 saturated carbocycles. The minimum absolute atomic E-state index is 0.115. The smallest absolute Gasteiger partial charge is 0.158 e. The third-order valence-electron chi connectivity index (χ3n) is 10.1. The maximum absolute atomic E-state index is 16.0. The molecule has 1 aromatic heterocycles. The van der Waals surface area contributed by atoms with Crippen molar-refractivity contribution in [1.82, 2.24) is 24.9 Å².